The van der Waals surface area contributed by atoms with Gasteiger partial charge in [0.1, 0.15) is 0 Å². The Labute approximate surface area is 115 Å². The van der Waals surface area contributed by atoms with Crippen LogP contribution in [0.2, 0.25) is 0 Å². The lowest BCUT2D eigenvalue weighted by Gasteiger charge is -2.27. The van der Waals surface area contributed by atoms with Gasteiger partial charge in [0.25, 0.3) is 0 Å². The Bertz CT molecular complexity index is 364. The fourth-order valence-corrected chi connectivity index (χ4v) is 2.27. The number of nitrogens with zero attached hydrogens (tertiary/aromatic N) is 2. The van der Waals surface area contributed by atoms with Crippen LogP contribution in [0.5, 0.6) is 0 Å². The lowest BCUT2D eigenvalue weighted by atomic mass is 10.2. The van der Waals surface area contributed by atoms with Crippen molar-refractivity contribution >= 4 is 6.41 Å². The molecule has 0 bridgehead atoms. The number of amides is 1. The summed E-state index contributed by atoms with van der Waals surface area (Å²) in [6, 6.07) is 10.0. The third kappa shape index (κ3) is 5.01. The molecule has 1 aromatic rings. The van der Waals surface area contributed by atoms with E-state index in [0.29, 0.717) is 6.54 Å². The van der Waals surface area contributed by atoms with E-state index in [1.165, 1.54) is 0 Å². The summed E-state index contributed by atoms with van der Waals surface area (Å²) in [4.78, 5) is 15.1. The molecule has 19 heavy (non-hydrogen) atoms. The largest absolute Gasteiger partial charge is 0.379 e. The van der Waals surface area contributed by atoms with Gasteiger partial charge in [-0.05, 0) is 12.0 Å². The standard InChI is InChI=1S/C15H21N2O2/c18-14-17(13-15-5-2-1-3-6-15)8-4-7-16-9-11-19-12-10-16/h1-3,5-6H,4,7-13H2. The minimum atomic E-state index is 0.646. The predicted molar refractivity (Wildman–Crippen MR) is 74.4 cm³/mol. The smallest absolute Gasteiger partial charge is 0.312 e. The summed E-state index contributed by atoms with van der Waals surface area (Å²) in [5.41, 5.74) is 1.15. The third-order valence-electron chi connectivity index (χ3n) is 3.35. The normalized spacial score (nSPS) is 16.2. The van der Waals surface area contributed by atoms with Crippen molar-refractivity contribution in [2.45, 2.75) is 13.0 Å². The maximum absolute atomic E-state index is 11.0. The van der Waals surface area contributed by atoms with Gasteiger partial charge < -0.3 is 9.64 Å². The quantitative estimate of drug-likeness (QED) is 0.693. The van der Waals surface area contributed by atoms with Gasteiger partial charge in [0.15, 0.2) is 0 Å². The van der Waals surface area contributed by atoms with E-state index in [9.17, 15) is 4.79 Å². The van der Waals surface area contributed by atoms with E-state index in [1.54, 1.807) is 4.90 Å². The number of hydrogen-bond acceptors (Lipinski definition) is 3. The molecule has 0 aliphatic carbocycles. The van der Waals surface area contributed by atoms with Crippen molar-refractivity contribution < 1.29 is 9.53 Å². The van der Waals surface area contributed by atoms with Crippen molar-refractivity contribution in [3.63, 3.8) is 0 Å². The average molecular weight is 261 g/mol. The number of ether oxygens (including phenoxy) is 1. The molecular formula is C15H21N2O2. The van der Waals surface area contributed by atoms with Gasteiger partial charge >= 0.3 is 6.41 Å². The Balaban J connectivity index is 1.69. The summed E-state index contributed by atoms with van der Waals surface area (Å²) in [5.74, 6) is 0. The maximum Gasteiger partial charge on any atom is 0.312 e. The second kappa shape index (κ2) is 7.92. The lowest BCUT2D eigenvalue weighted by molar-refractivity contribution is 0.0367. The molecule has 4 nitrogen and oxygen atoms in total. The molecule has 0 saturated carbocycles. The Morgan fingerprint density at radius 1 is 1.21 bits per heavy atom. The summed E-state index contributed by atoms with van der Waals surface area (Å²) >= 11 is 0. The minimum absolute atomic E-state index is 0.646. The zero-order chi connectivity index (χ0) is 13.3. The van der Waals surface area contributed by atoms with Crippen LogP contribution in [0.1, 0.15) is 12.0 Å². The SMILES string of the molecule is O=[C]N(CCCN1CCOCC1)Cc1ccccc1. The highest BCUT2D eigenvalue weighted by Gasteiger charge is 2.10. The molecule has 1 aliphatic rings. The molecule has 1 aliphatic heterocycles. The molecule has 0 spiro atoms. The highest BCUT2D eigenvalue weighted by atomic mass is 16.5. The molecule has 4 heteroatoms. The van der Waals surface area contributed by atoms with Crippen LogP contribution < -0.4 is 0 Å². The monoisotopic (exact) mass is 261 g/mol. The van der Waals surface area contributed by atoms with E-state index in [2.05, 4.69) is 4.90 Å². The molecule has 1 aromatic carbocycles. The fraction of sp³-hybridized carbons (Fsp3) is 0.533. The van der Waals surface area contributed by atoms with Gasteiger partial charge in [0.05, 0.1) is 13.2 Å². The molecule has 1 saturated heterocycles. The number of carbonyl (C=O) groups excluding carboxylic acids is 1. The van der Waals surface area contributed by atoms with Crippen LogP contribution in [0, 0.1) is 0 Å². The van der Waals surface area contributed by atoms with E-state index >= 15 is 0 Å². The summed E-state index contributed by atoms with van der Waals surface area (Å²) in [7, 11) is 0. The fourth-order valence-electron chi connectivity index (χ4n) is 2.27. The van der Waals surface area contributed by atoms with Gasteiger partial charge in [0.2, 0.25) is 0 Å². The number of morpholine rings is 1. The number of rotatable bonds is 7. The van der Waals surface area contributed by atoms with Crippen molar-refractivity contribution in [2.24, 2.45) is 0 Å². The predicted octanol–water partition coefficient (Wildman–Crippen LogP) is 1.28. The van der Waals surface area contributed by atoms with Gasteiger partial charge in [-0.25, -0.2) is 0 Å². The second-order valence-electron chi connectivity index (χ2n) is 4.81. The Morgan fingerprint density at radius 3 is 2.63 bits per heavy atom. The van der Waals surface area contributed by atoms with Crippen molar-refractivity contribution in [1.82, 2.24) is 9.80 Å². The first-order chi connectivity index (χ1) is 9.38. The molecule has 2 rings (SSSR count). The summed E-state index contributed by atoms with van der Waals surface area (Å²) in [5, 5.41) is 0. The number of benzene rings is 1. The molecule has 0 aromatic heterocycles. The molecule has 103 valence electrons. The van der Waals surface area contributed by atoms with E-state index in [1.807, 2.05) is 36.7 Å². The molecule has 0 atom stereocenters. The first kappa shape index (κ1) is 14.0. The Hall–Kier alpha value is -1.39. The van der Waals surface area contributed by atoms with Gasteiger partial charge in [-0.3, -0.25) is 9.69 Å². The van der Waals surface area contributed by atoms with Crippen molar-refractivity contribution in [1.29, 1.82) is 0 Å². The zero-order valence-electron chi connectivity index (χ0n) is 11.3. The van der Waals surface area contributed by atoms with Crippen molar-refractivity contribution in [2.75, 3.05) is 39.4 Å². The third-order valence-corrected chi connectivity index (χ3v) is 3.35. The molecule has 0 unspecified atom stereocenters. The minimum Gasteiger partial charge on any atom is -0.379 e. The summed E-state index contributed by atoms with van der Waals surface area (Å²) < 4.78 is 5.31. The first-order valence-electron chi connectivity index (χ1n) is 6.85. The van der Waals surface area contributed by atoms with Crippen LogP contribution in [-0.2, 0) is 16.1 Å². The van der Waals surface area contributed by atoms with Crippen molar-refractivity contribution in [3.8, 4) is 0 Å². The van der Waals surface area contributed by atoms with Gasteiger partial charge in [-0.15, -0.1) is 0 Å². The van der Waals surface area contributed by atoms with Crippen LogP contribution in [0.25, 0.3) is 0 Å². The van der Waals surface area contributed by atoms with E-state index < -0.39 is 0 Å². The van der Waals surface area contributed by atoms with Crippen molar-refractivity contribution in [3.05, 3.63) is 35.9 Å². The Morgan fingerprint density at radius 2 is 1.95 bits per heavy atom. The average Bonchev–Trinajstić information content (AvgIpc) is 2.48. The van der Waals surface area contributed by atoms with Crippen LogP contribution >= 0.6 is 0 Å². The van der Waals surface area contributed by atoms with Crippen LogP contribution in [0.15, 0.2) is 30.3 Å². The summed E-state index contributed by atoms with van der Waals surface area (Å²) in [6.45, 7) is 6.09. The van der Waals surface area contributed by atoms with E-state index in [-0.39, 0.29) is 0 Å². The van der Waals surface area contributed by atoms with Gasteiger partial charge in [-0.2, -0.15) is 0 Å². The molecule has 1 radical (unpaired) electrons. The van der Waals surface area contributed by atoms with Crippen LogP contribution in [-0.4, -0.2) is 55.6 Å². The topological polar surface area (TPSA) is 32.8 Å². The zero-order valence-corrected chi connectivity index (χ0v) is 11.3. The molecule has 1 heterocycles. The summed E-state index contributed by atoms with van der Waals surface area (Å²) in [6.07, 6.45) is 3.02. The molecular weight excluding hydrogens is 240 g/mol. The highest BCUT2D eigenvalue weighted by molar-refractivity contribution is 5.48. The van der Waals surface area contributed by atoms with Crippen LogP contribution in [0.3, 0.4) is 0 Å². The maximum atomic E-state index is 11.0. The van der Waals surface area contributed by atoms with E-state index in [4.69, 9.17) is 4.74 Å². The van der Waals surface area contributed by atoms with E-state index in [0.717, 1.165) is 51.4 Å². The number of hydrogen-bond donors (Lipinski definition) is 0. The molecule has 1 amide bonds. The van der Waals surface area contributed by atoms with Gasteiger partial charge in [0, 0.05) is 32.7 Å². The van der Waals surface area contributed by atoms with Gasteiger partial charge in [-0.1, -0.05) is 30.3 Å². The second-order valence-corrected chi connectivity index (χ2v) is 4.81. The first-order valence-corrected chi connectivity index (χ1v) is 6.85. The molecule has 0 N–H and O–H groups in total. The Kier molecular flexibility index (Phi) is 5.85. The molecule has 1 fully saturated rings. The lowest BCUT2D eigenvalue weighted by Crippen LogP contribution is -2.38. The van der Waals surface area contributed by atoms with Crippen LogP contribution in [0.4, 0.5) is 0 Å². The highest BCUT2D eigenvalue weighted by Crippen LogP contribution is 2.04.